The molecule has 1 radical (unpaired) electrons. The monoisotopic (exact) mass is 642 g/mol. The molecule has 0 atom stereocenters. The third-order valence-corrected chi connectivity index (χ3v) is 7.76. The number of imidazole rings is 1. The maximum absolute atomic E-state index is 13.6. The van der Waals surface area contributed by atoms with Crippen molar-refractivity contribution in [3.63, 3.8) is 0 Å². The quantitative estimate of drug-likeness (QED) is 0.200. The predicted molar refractivity (Wildman–Crippen MR) is 136 cm³/mol. The van der Waals surface area contributed by atoms with Gasteiger partial charge in [-0.05, 0) is 71.9 Å². The minimum absolute atomic E-state index is 0. The number of aromatic nitrogens is 2. The fourth-order valence-electron chi connectivity index (χ4n) is 6.08. The minimum Gasteiger partial charge on any atom is -0.340 e. The Bertz CT molecular complexity index is 1230. The molecule has 4 aromatic rings. The van der Waals surface area contributed by atoms with Gasteiger partial charge >= 0.3 is 0 Å². The first kappa shape index (κ1) is 24.2. The van der Waals surface area contributed by atoms with Crippen LogP contribution in [0.3, 0.4) is 0 Å². The Morgan fingerprint density at radius 2 is 1.43 bits per heavy atom. The molecule has 3 aromatic carbocycles. The van der Waals surface area contributed by atoms with E-state index < -0.39 is 0 Å². The molecule has 0 bridgehead atoms. The first-order chi connectivity index (χ1) is 16.8. The molecular formula is C31H30FIrN2-. The van der Waals surface area contributed by atoms with Crippen molar-refractivity contribution in [3.8, 4) is 28.2 Å². The van der Waals surface area contributed by atoms with Gasteiger partial charge in [-0.2, -0.15) is 0 Å². The molecule has 2 fully saturated rings. The van der Waals surface area contributed by atoms with Gasteiger partial charge in [-0.3, -0.25) is 9.37 Å². The molecule has 2 aliphatic rings. The largest absolute Gasteiger partial charge is 0.340 e. The van der Waals surface area contributed by atoms with E-state index in [4.69, 9.17) is 4.98 Å². The molecule has 0 unspecified atom stereocenters. The van der Waals surface area contributed by atoms with Gasteiger partial charge in [0.15, 0.2) is 0 Å². The number of hydrogen-bond donors (Lipinski definition) is 0. The van der Waals surface area contributed by atoms with Crippen LogP contribution in [-0.2, 0) is 20.1 Å². The van der Waals surface area contributed by atoms with Gasteiger partial charge in [-0.15, -0.1) is 29.8 Å². The van der Waals surface area contributed by atoms with Gasteiger partial charge in [0.05, 0.1) is 5.82 Å². The predicted octanol–water partition coefficient (Wildman–Crippen LogP) is 8.46. The van der Waals surface area contributed by atoms with Crippen molar-refractivity contribution in [1.29, 1.82) is 0 Å². The summed E-state index contributed by atoms with van der Waals surface area (Å²) >= 11 is 0. The van der Waals surface area contributed by atoms with Crippen LogP contribution in [0, 0.1) is 11.9 Å². The SMILES string of the molecule is Fc1c[c-]c(-c2nccn2-c2c(C3CCCC3)cc(-c3ccccc3)cc2C2CCCC2)cc1.[Ir]. The maximum atomic E-state index is 13.6. The van der Waals surface area contributed by atoms with Crippen LogP contribution in [0.5, 0.6) is 0 Å². The zero-order valence-corrected chi connectivity index (χ0v) is 22.2. The normalized spacial score (nSPS) is 16.5. The Morgan fingerprint density at radius 3 is 2.00 bits per heavy atom. The molecule has 181 valence electrons. The third kappa shape index (κ3) is 4.79. The van der Waals surface area contributed by atoms with Gasteiger partial charge in [0.2, 0.25) is 0 Å². The summed E-state index contributed by atoms with van der Waals surface area (Å²) in [5.74, 6) is 1.69. The van der Waals surface area contributed by atoms with Crippen molar-refractivity contribution < 1.29 is 24.5 Å². The van der Waals surface area contributed by atoms with Crippen molar-refractivity contribution in [3.05, 3.63) is 96.1 Å². The Labute approximate surface area is 221 Å². The summed E-state index contributed by atoms with van der Waals surface area (Å²) in [5.41, 5.74) is 7.63. The molecule has 0 N–H and O–H groups in total. The Morgan fingerprint density at radius 1 is 0.800 bits per heavy atom. The van der Waals surface area contributed by atoms with Crippen LogP contribution in [0.25, 0.3) is 28.2 Å². The number of halogens is 1. The van der Waals surface area contributed by atoms with E-state index in [-0.39, 0.29) is 25.9 Å². The molecule has 1 aromatic heterocycles. The molecule has 2 aliphatic carbocycles. The van der Waals surface area contributed by atoms with Crippen LogP contribution in [0.2, 0.25) is 0 Å². The molecule has 1 heterocycles. The first-order valence-electron chi connectivity index (χ1n) is 12.7. The van der Waals surface area contributed by atoms with E-state index in [2.05, 4.69) is 59.3 Å². The van der Waals surface area contributed by atoms with E-state index in [1.54, 1.807) is 6.07 Å². The van der Waals surface area contributed by atoms with Crippen LogP contribution in [0.1, 0.15) is 74.3 Å². The zero-order chi connectivity index (χ0) is 22.9. The molecule has 0 saturated heterocycles. The number of nitrogens with zero attached hydrogens (tertiary/aromatic N) is 2. The molecule has 2 nitrogen and oxygen atoms in total. The number of hydrogen-bond acceptors (Lipinski definition) is 1. The summed E-state index contributed by atoms with van der Waals surface area (Å²) in [5, 5.41) is 0. The van der Waals surface area contributed by atoms with E-state index in [9.17, 15) is 4.39 Å². The average molecular weight is 642 g/mol. The van der Waals surface area contributed by atoms with Crippen molar-refractivity contribution in [2.24, 2.45) is 0 Å². The van der Waals surface area contributed by atoms with Crippen molar-refractivity contribution in [2.75, 3.05) is 0 Å². The van der Waals surface area contributed by atoms with Gasteiger partial charge < -0.3 is 4.57 Å². The molecule has 6 rings (SSSR count). The van der Waals surface area contributed by atoms with Gasteiger partial charge in [0.1, 0.15) is 0 Å². The van der Waals surface area contributed by atoms with E-state index in [1.807, 2.05) is 6.20 Å². The fourth-order valence-corrected chi connectivity index (χ4v) is 6.08. The average Bonchev–Trinajstić information content (AvgIpc) is 3.67. The Balaban J connectivity index is 0.00000253. The van der Waals surface area contributed by atoms with E-state index in [0.717, 1.165) is 11.4 Å². The number of rotatable bonds is 5. The van der Waals surface area contributed by atoms with Gasteiger partial charge in [-0.25, -0.2) is 0 Å². The molecule has 2 saturated carbocycles. The van der Waals surface area contributed by atoms with Crippen molar-refractivity contribution in [1.82, 2.24) is 9.55 Å². The van der Waals surface area contributed by atoms with Crippen LogP contribution in [0.15, 0.2) is 73.1 Å². The summed E-state index contributed by atoms with van der Waals surface area (Å²) in [6.07, 6.45) is 14.1. The summed E-state index contributed by atoms with van der Waals surface area (Å²) in [6.45, 7) is 0. The summed E-state index contributed by atoms with van der Waals surface area (Å²) < 4.78 is 15.9. The maximum Gasteiger partial charge on any atom is 0.0602 e. The summed E-state index contributed by atoms with van der Waals surface area (Å²) in [7, 11) is 0. The van der Waals surface area contributed by atoms with Gasteiger partial charge in [-0.1, -0.05) is 56.0 Å². The second kappa shape index (κ2) is 10.6. The topological polar surface area (TPSA) is 17.8 Å². The minimum atomic E-state index is -0.271. The van der Waals surface area contributed by atoms with Gasteiger partial charge in [0.25, 0.3) is 0 Å². The zero-order valence-electron chi connectivity index (χ0n) is 19.8. The van der Waals surface area contributed by atoms with Gasteiger partial charge in [0, 0.05) is 44.0 Å². The van der Waals surface area contributed by atoms with Crippen LogP contribution < -0.4 is 0 Å². The second-order valence-corrected chi connectivity index (χ2v) is 9.87. The standard InChI is InChI=1S/C31H30FN2.Ir/c32-27-16-14-25(15-17-27)31-33-18-19-34(31)30-28(23-10-4-5-11-23)20-26(22-8-2-1-3-9-22)21-29(30)24-12-6-7-13-24;/h1-3,8-9,14,16-21,23-24H,4-7,10-13H2;/q-1;. The molecule has 4 heteroatoms. The molecule has 0 amide bonds. The van der Waals surface area contributed by atoms with Crippen molar-refractivity contribution in [2.45, 2.75) is 63.2 Å². The van der Waals surface area contributed by atoms with Crippen LogP contribution >= 0.6 is 0 Å². The fraction of sp³-hybridized carbons (Fsp3) is 0.323. The van der Waals surface area contributed by atoms with Crippen LogP contribution in [-0.4, -0.2) is 9.55 Å². The van der Waals surface area contributed by atoms with Crippen LogP contribution in [0.4, 0.5) is 4.39 Å². The molecule has 0 spiro atoms. The first-order valence-corrected chi connectivity index (χ1v) is 12.7. The molecule has 35 heavy (non-hydrogen) atoms. The summed E-state index contributed by atoms with van der Waals surface area (Å²) in [6, 6.07) is 23.5. The van der Waals surface area contributed by atoms with E-state index in [0.29, 0.717) is 11.8 Å². The molecular weight excluding hydrogens is 612 g/mol. The Kier molecular flexibility index (Phi) is 7.32. The Hall–Kier alpha value is -2.55. The van der Waals surface area contributed by atoms with E-state index >= 15 is 0 Å². The van der Waals surface area contributed by atoms with E-state index in [1.165, 1.54) is 91.4 Å². The summed E-state index contributed by atoms with van der Waals surface area (Å²) in [4.78, 5) is 4.72. The smallest absolute Gasteiger partial charge is 0.0602 e. The van der Waals surface area contributed by atoms with Crippen molar-refractivity contribution >= 4 is 0 Å². The third-order valence-electron chi connectivity index (χ3n) is 7.76. The number of benzene rings is 3. The second-order valence-electron chi connectivity index (χ2n) is 9.87. The molecule has 0 aliphatic heterocycles.